The summed E-state index contributed by atoms with van der Waals surface area (Å²) < 4.78 is 10.9. The fourth-order valence-corrected chi connectivity index (χ4v) is 3.10. The van der Waals surface area contributed by atoms with E-state index in [2.05, 4.69) is 12.1 Å². The van der Waals surface area contributed by atoms with Gasteiger partial charge in [-0.15, -0.1) is 0 Å². The summed E-state index contributed by atoms with van der Waals surface area (Å²) in [5.74, 6) is 0.912. The standard InChI is InChI=1S/C17H22O3/c18-17(20-12-13-8-10-19-11-9-13)16-7-6-15(16)14-4-2-1-3-5-14/h1-5,13,15-16H,6-12H2/t15?,16-/m1/s1. The molecule has 0 amide bonds. The van der Waals surface area contributed by atoms with E-state index in [1.54, 1.807) is 0 Å². The molecule has 20 heavy (non-hydrogen) atoms. The summed E-state index contributed by atoms with van der Waals surface area (Å²) in [4.78, 5) is 12.2. The first-order valence-electron chi connectivity index (χ1n) is 7.64. The highest BCUT2D eigenvalue weighted by Crippen LogP contribution is 2.43. The Balaban J connectivity index is 1.50. The Labute approximate surface area is 120 Å². The molecule has 0 aromatic heterocycles. The second-order valence-corrected chi connectivity index (χ2v) is 5.89. The summed E-state index contributed by atoms with van der Waals surface area (Å²) in [7, 11) is 0. The van der Waals surface area contributed by atoms with Crippen LogP contribution in [0.3, 0.4) is 0 Å². The van der Waals surface area contributed by atoms with Crippen LogP contribution in [0.1, 0.15) is 37.2 Å². The SMILES string of the molecule is O=C(OCC1CCOCC1)[C@@H]1CCC1c1ccccc1. The van der Waals surface area contributed by atoms with Crippen molar-refractivity contribution >= 4 is 5.97 Å². The van der Waals surface area contributed by atoms with Gasteiger partial charge in [0, 0.05) is 13.2 Å². The van der Waals surface area contributed by atoms with Crippen molar-refractivity contribution in [1.29, 1.82) is 0 Å². The molecule has 3 rings (SSSR count). The van der Waals surface area contributed by atoms with Gasteiger partial charge in [-0.05, 0) is 43.1 Å². The van der Waals surface area contributed by atoms with Gasteiger partial charge < -0.3 is 9.47 Å². The van der Waals surface area contributed by atoms with E-state index >= 15 is 0 Å². The van der Waals surface area contributed by atoms with Crippen molar-refractivity contribution in [3.8, 4) is 0 Å². The summed E-state index contributed by atoms with van der Waals surface area (Å²) in [5.41, 5.74) is 1.27. The van der Waals surface area contributed by atoms with Gasteiger partial charge >= 0.3 is 5.97 Å². The summed E-state index contributed by atoms with van der Waals surface area (Å²) in [6.45, 7) is 2.18. The van der Waals surface area contributed by atoms with Crippen molar-refractivity contribution < 1.29 is 14.3 Å². The van der Waals surface area contributed by atoms with Crippen molar-refractivity contribution in [2.24, 2.45) is 11.8 Å². The molecule has 1 saturated carbocycles. The van der Waals surface area contributed by atoms with E-state index in [9.17, 15) is 4.79 Å². The fraction of sp³-hybridized carbons (Fsp3) is 0.588. The molecule has 3 heteroatoms. The average Bonchev–Trinajstić information content (AvgIpc) is 2.46. The van der Waals surface area contributed by atoms with Gasteiger partial charge in [0.15, 0.2) is 0 Å². The molecule has 1 saturated heterocycles. The lowest BCUT2D eigenvalue weighted by atomic mass is 9.70. The quantitative estimate of drug-likeness (QED) is 0.791. The number of esters is 1. The smallest absolute Gasteiger partial charge is 0.309 e. The van der Waals surface area contributed by atoms with Gasteiger partial charge in [-0.1, -0.05) is 30.3 Å². The van der Waals surface area contributed by atoms with Crippen LogP contribution in [0.2, 0.25) is 0 Å². The third kappa shape index (κ3) is 3.04. The van der Waals surface area contributed by atoms with Crippen LogP contribution in [-0.4, -0.2) is 25.8 Å². The van der Waals surface area contributed by atoms with Gasteiger partial charge in [-0.3, -0.25) is 4.79 Å². The van der Waals surface area contributed by atoms with Crippen LogP contribution in [0.5, 0.6) is 0 Å². The molecule has 1 aliphatic heterocycles. The van der Waals surface area contributed by atoms with E-state index in [0.717, 1.165) is 38.9 Å². The molecule has 0 bridgehead atoms. The molecule has 0 N–H and O–H groups in total. The van der Waals surface area contributed by atoms with E-state index in [0.29, 0.717) is 18.4 Å². The molecule has 1 heterocycles. The Morgan fingerprint density at radius 2 is 1.85 bits per heavy atom. The van der Waals surface area contributed by atoms with Crippen LogP contribution in [-0.2, 0) is 14.3 Å². The zero-order chi connectivity index (χ0) is 13.8. The molecule has 1 aromatic rings. The van der Waals surface area contributed by atoms with Crippen molar-refractivity contribution in [3.05, 3.63) is 35.9 Å². The minimum Gasteiger partial charge on any atom is -0.465 e. The number of rotatable bonds is 4. The van der Waals surface area contributed by atoms with Crippen LogP contribution in [0, 0.1) is 11.8 Å². The highest BCUT2D eigenvalue weighted by atomic mass is 16.5. The van der Waals surface area contributed by atoms with Crippen molar-refractivity contribution in [2.45, 2.75) is 31.6 Å². The summed E-state index contributed by atoms with van der Waals surface area (Å²) in [6.07, 6.45) is 4.09. The summed E-state index contributed by atoms with van der Waals surface area (Å²) in [5, 5.41) is 0. The van der Waals surface area contributed by atoms with Gasteiger partial charge in [-0.25, -0.2) is 0 Å². The molecular formula is C17H22O3. The average molecular weight is 274 g/mol. The number of carbonyl (C=O) groups excluding carboxylic acids is 1. The van der Waals surface area contributed by atoms with Gasteiger partial charge in [0.25, 0.3) is 0 Å². The third-order valence-electron chi connectivity index (χ3n) is 4.61. The van der Waals surface area contributed by atoms with E-state index < -0.39 is 0 Å². The third-order valence-corrected chi connectivity index (χ3v) is 4.61. The normalized spacial score (nSPS) is 26.8. The van der Waals surface area contributed by atoms with E-state index in [-0.39, 0.29) is 11.9 Å². The van der Waals surface area contributed by atoms with Crippen LogP contribution in [0.4, 0.5) is 0 Å². The highest BCUT2D eigenvalue weighted by molar-refractivity contribution is 5.75. The van der Waals surface area contributed by atoms with E-state index in [4.69, 9.17) is 9.47 Å². The first kappa shape index (κ1) is 13.6. The first-order valence-corrected chi connectivity index (χ1v) is 7.64. The number of hydrogen-bond acceptors (Lipinski definition) is 3. The number of carbonyl (C=O) groups is 1. The molecule has 0 radical (unpaired) electrons. The topological polar surface area (TPSA) is 35.5 Å². The monoisotopic (exact) mass is 274 g/mol. The highest BCUT2D eigenvalue weighted by Gasteiger charge is 2.38. The zero-order valence-corrected chi connectivity index (χ0v) is 11.8. The van der Waals surface area contributed by atoms with Crippen LogP contribution < -0.4 is 0 Å². The summed E-state index contributed by atoms with van der Waals surface area (Å²) in [6, 6.07) is 10.3. The van der Waals surface area contributed by atoms with Gasteiger partial charge in [-0.2, -0.15) is 0 Å². The second kappa shape index (κ2) is 6.40. The van der Waals surface area contributed by atoms with Gasteiger partial charge in [0.1, 0.15) is 0 Å². The van der Waals surface area contributed by atoms with Crippen molar-refractivity contribution in [3.63, 3.8) is 0 Å². The van der Waals surface area contributed by atoms with Crippen LogP contribution >= 0.6 is 0 Å². The fourth-order valence-electron chi connectivity index (χ4n) is 3.10. The molecule has 0 spiro atoms. The number of ether oxygens (including phenoxy) is 2. The predicted octanol–water partition coefficient (Wildman–Crippen LogP) is 3.15. The van der Waals surface area contributed by atoms with Crippen LogP contribution in [0.25, 0.3) is 0 Å². The Hall–Kier alpha value is -1.35. The first-order chi connectivity index (χ1) is 9.84. The molecule has 108 valence electrons. The van der Waals surface area contributed by atoms with Crippen molar-refractivity contribution in [2.75, 3.05) is 19.8 Å². The molecule has 2 aliphatic rings. The molecular weight excluding hydrogens is 252 g/mol. The Kier molecular flexibility index (Phi) is 4.36. The maximum Gasteiger partial charge on any atom is 0.309 e. The summed E-state index contributed by atoms with van der Waals surface area (Å²) >= 11 is 0. The molecule has 2 fully saturated rings. The minimum atomic E-state index is -0.00315. The van der Waals surface area contributed by atoms with Crippen LogP contribution in [0.15, 0.2) is 30.3 Å². The lowest BCUT2D eigenvalue weighted by Crippen LogP contribution is -2.34. The Bertz CT molecular complexity index is 437. The molecule has 3 nitrogen and oxygen atoms in total. The molecule has 2 atom stereocenters. The maximum absolute atomic E-state index is 12.2. The zero-order valence-electron chi connectivity index (χ0n) is 11.8. The lowest BCUT2D eigenvalue weighted by molar-refractivity contribution is -0.155. The Morgan fingerprint density at radius 3 is 2.50 bits per heavy atom. The van der Waals surface area contributed by atoms with E-state index in [1.165, 1.54) is 5.56 Å². The predicted molar refractivity (Wildman–Crippen MR) is 76.4 cm³/mol. The second-order valence-electron chi connectivity index (χ2n) is 5.89. The van der Waals surface area contributed by atoms with Crippen molar-refractivity contribution in [1.82, 2.24) is 0 Å². The molecule has 1 unspecified atom stereocenters. The lowest BCUT2D eigenvalue weighted by Gasteiger charge is -2.35. The van der Waals surface area contributed by atoms with Gasteiger partial charge in [0.05, 0.1) is 12.5 Å². The number of hydrogen-bond donors (Lipinski definition) is 0. The Morgan fingerprint density at radius 1 is 1.10 bits per heavy atom. The number of benzene rings is 1. The van der Waals surface area contributed by atoms with Gasteiger partial charge in [0.2, 0.25) is 0 Å². The molecule has 1 aliphatic carbocycles. The minimum absolute atomic E-state index is 0.00315. The maximum atomic E-state index is 12.2. The van der Waals surface area contributed by atoms with E-state index in [1.807, 2.05) is 18.2 Å². The molecule has 1 aromatic carbocycles. The largest absolute Gasteiger partial charge is 0.465 e.